The third kappa shape index (κ3) is 4.56. The van der Waals surface area contributed by atoms with Gasteiger partial charge in [-0.05, 0) is 37.0 Å². The zero-order valence-corrected chi connectivity index (χ0v) is 13.1. The number of hydrogen-bond donors (Lipinski definition) is 1. The van der Waals surface area contributed by atoms with E-state index in [9.17, 15) is 9.59 Å². The summed E-state index contributed by atoms with van der Waals surface area (Å²) in [6, 6.07) is 7.12. The topological polar surface area (TPSA) is 72.6 Å². The minimum Gasteiger partial charge on any atom is -0.376 e. The molecule has 0 bridgehead atoms. The van der Waals surface area contributed by atoms with E-state index < -0.39 is 5.91 Å². The van der Waals surface area contributed by atoms with Gasteiger partial charge in [0.25, 0.3) is 0 Å². The van der Waals surface area contributed by atoms with Gasteiger partial charge in [-0.2, -0.15) is 0 Å². The van der Waals surface area contributed by atoms with Crippen LogP contribution in [0.15, 0.2) is 24.3 Å². The van der Waals surface area contributed by atoms with Gasteiger partial charge in [-0.1, -0.05) is 19.1 Å². The maximum atomic E-state index is 12.4. The first kappa shape index (κ1) is 16.5. The monoisotopic (exact) mass is 304 g/mol. The molecule has 1 heterocycles. The zero-order valence-electron chi connectivity index (χ0n) is 13.1. The average Bonchev–Trinajstić information content (AvgIpc) is 2.78. The Morgan fingerprint density at radius 1 is 1.32 bits per heavy atom. The molecular formula is C17H24N2O3. The second kappa shape index (κ2) is 7.94. The number of carbonyl (C=O) groups excluding carboxylic acids is 2. The van der Waals surface area contributed by atoms with Crippen LogP contribution in [0.1, 0.15) is 42.1 Å². The number of benzene rings is 1. The number of nitrogens with two attached hydrogens (primary N) is 1. The Hall–Kier alpha value is -1.88. The van der Waals surface area contributed by atoms with E-state index in [-0.39, 0.29) is 12.0 Å². The fourth-order valence-electron chi connectivity index (χ4n) is 2.61. The smallest absolute Gasteiger partial charge is 0.248 e. The predicted molar refractivity (Wildman–Crippen MR) is 84.5 cm³/mol. The van der Waals surface area contributed by atoms with Crippen molar-refractivity contribution in [1.29, 1.82) is 0 Å². The van der Waals surface area contributed by atoms with Gasteiger partial charge in [-0.15, -0.1) is 0 Å². The molecule has 0 unspecified atom stereocenters. The molecule has 0 saturated carbocycles. The Kier molecular flexibility index (Phi) is 5.95. The van der Waals surface area contributed by atoms with E-state index in [0.717, 1.165) is 31.6 Å². The quantitative estimate of drug-likeness (QED) is 0.900. The van der Waals surface area contributed by atoms with E-state index in [1.807, 2.05) is 17.0 Å². The number of carbonyl (C=O) groups is 2. The second-order valence-electron chi connectivity index (χ2n) is 5.66. The van der Waals surface area contributed by atoms with Gasteiger partial charge in [-0.25, -0.2) is 0 Å². The van der Waals surface area contributed by atoms with Crippen molar-refractivity contribution in [2.75, 3.05) is 19.7 Å². The van der Waals surface area contributed by atoms with Crippen LogP contribution in [0.25, 0.3) is 0 Å². The molecule has 0 spiro atoms. The van der Waals surface area contributed by atoms with Crippen molar-refractivity contribution < 1.29 is 14.3 Å². The van der Waals surface area contributed by atoms with E-state index in [1.54, 1.807) is 12.1 Å². The molecule has 1 aliphatic heterocycles. The molecular weight excluding hydrogens is 280 g/mol. The molecule has 5 nitrogen and oxygen atoms in total. The van der Waals surface area contributed by atoms with Crippen LogP contribution in [0.3, 0.4) is 0 Å². The van der Waals surface area contributed by atoms with Crippen LogP contribution in [0.2, 0.25) is 0 Å². The lowest BCUT2D eigenvalue weighted by Crippen LogP contribution is -2.36. The van der Waals surface area contributed by atoms with Crippen molar-refractivity contribution in [3.8, 4) is 0 Å². The van der Waals surface area contributed by atoms with Crippen LogP contribution in [-0.2, 0) is 16.0 Å². The summed E-state index contributed by atoms with van der Waals surface area (Å²) in [6.45, 7) is 4.28. The molecule has 1 aromatic rings. The number of aryl methyl sites for hydroxylation is 1. The third-order valence-corrected chi connectivity index (χ3v) is 4.02. The van der Waals surface area contributed by atoms with Crippen LogP contribution in [-0.4, -0.2) is 42.5 Å². The summed E-state index contributed by atoms with van der Waals surface area (Å²) in [7, 11) is 0. The van der Waals surface area contributed by atoms with Crippen molar-refractivity contribution in [2.45, 2.75) is 38.7 Å². The Morgan fingerprint density at radius 3 is 2.68 bits per heavy atom. The molecule has 0 aromatic heterocycles. The summed E-state index contributed by atoms with van der Waals surface area (Å²) in [5, 5.41) is 0. The van der Waals surface area contributed by atoms with E-state index >= 15 is 0 Å². The highest BCUT2D eigenvalue weighted by Crippen LogP contribution is 2.12. The summed E-state index contributed by atoms with van der Waals surface area (Å²) in [4.78, 5) is 25.3. The lowest BCUT2D eigenvalue weighted by molar-refractivity contribution is -0.132. The Morgan fingerprint density at radius 2 is 2.05 bits per heavy atom. The summed E-state index contributed by atoms with van der Waals surface area (Å²) < 4.78 is 5.69. The number of ether oxygens (including phenoxy) is 1. The first-order valence-corrected chi connectivity index (χ1v) is 7.88. The molecule has 1 aliphatic rings. The summed E-state index contributed by atoms with van der Waals surface area (Å²) in [5.74, 6) is -0.263. The molecule has 1 saturated heterocycles. The van der Waals surface area contributed by atoms with Crippen LogP contribution in [0.4, 0.5) is 0 Å². The normalized spacial score (nSPS) is 18.8. The van der Waals surface area contributed by atoms with Gasteiger partial charge in [-0.3, -0.25) is 9.59 Å². The molecule has 2 amide bonds. The van der Waals surface area contributed by atoms with Gasteiger partial charge in [0.1, 0.15) is 0 Å². The van der Waals surface area contributed by atoms with Crippen LogP contribution < -0.4 is 5.73 Å². The molecule has 5 heteroatoms. The van der Waals surface area contributed by atoms with Crippen LogP contribution >= 0.6 is 0 Å². The van der Waals surface area contributed by atoms with Gasteiger partial charge in [0, 0.05) is 31.7 Å². The zero-order chi connectivity index (χ0) is 15.9. The van der Waals surface area contributed by atoms with Crippen molar-refractivity contribution >= 4 is 11.8 Å². The third-order valence-electron chi connectivity index (χ3n) is 4.02. The fraction of sp³-hybridized carbons (Fsp3) is 0.529. The van der Waals surface area contributed by atoms with Crippen LogP contribution in [0, 0.1) is 0 Å². The van der Waals surface area contributed by atoms with Crippen molar-refractivity contribution in [3.05, 3.63) is 35.4 Å². The minimum atomic E-state index is -0.433. The fourth-order valence-corrected chi connectivity index (χ4v) is 2.61. The molecule has 1 fully saturated rings. The predicted octanol–water partition coefficient (Wildman–Crippen LogP) is 1.75. The largest absolute Gasteiger partial charge is 0.376 e. The number of rotatable bonds is 5. The highest BCUT2D eigenvalue weighted by atomic mass is 16.5. The number of amides is 2. The molecule has 1 atom stereocenters. The number of primary amides is 1. The van der Waals surface area contributed by atoms with Gasteiger partial charge in [0.15, 0.2) is 0 Å². The van der Waals surface area contributed by atoms with Gasteiger partial charge in [0.05, 0.1) is 6.10 Å². The molecule has 120 valence electrons. The highest BCUT2D eigenvalue weighted by Gasteiger charge is 2.21. The number of nitrogens with zero attached hydrogens (tertiary/aromatic N) is 1. The van der Waals surface area contributed by atoms with Crippen molar-refractivity contribution in [1.82, 2.24) is 4.90 Å². The highest BCUT2D eigenvalue weighted by molar-refractivity contribution is 5.92. The summed E-state index contributed by atoms with van der Waals surface area (Å²) >= 11 is 0. The van der Waals surface area contributed by atoms with Crippen molar-refractivity contribution in [2.24, 2.45) is 5.73 Å². The SMILES string of the molecule is CC[C@@H]1CN(C(=O)CCc2ccc(C(N)=O)cc2)CCCO1. The first-order chi connectivity index (χ1) is 10.6. The van der Waals surface area contributed by atoms with E-state index in [2.05, 4.69) is 6.92 Å². The van der Waals surface area contributed by atoms with E-state index in [0.29, 0.717) is 24.9 Å². The average molecular weight is 304 g/mol. The lowest BCUT2D eigenvalue weighted by Gasteiger charge is -2.23. The summed E-state index contributed by atoms with van der Waals surface area (Å²) in [6.07, 6.45) is 3.13. The van der Waals surface area contributed by atoms with Crippen molar-refractivity contribution in [3.63, 3.8) is 0 Å². The van der Waals surface area contributed by atoms with E-state index in [4.69, 9.17) is 10.5 Å². The van der Waals surface area contributed by atoms with Crippen LogP contribution in [0.5, 0.6) is 0 Å². The molecule has 2 rings (SSSR count). The van der Waals surface area contributed by atoms with Gasteiger partial charge < -0.3 is 15.4 Å². The summed E-state index contributed by atoms with van der Waals surface area (Å²) in [5.41, 5.74) is 6.74. The minimum absolute atomic E-state index is 0.154. The van der Waals surface area contributed by atoms with Gasteiger partial charge in [0.2, 0.25) is 11.8 Å². The number of hydrogen-bond acceptors (Lipinski definition) is 3. The van der Waals surface area contributed by atoms with E-state index in [1.165, 1.54) is 0 Å². The molecule has 2 N–H and O–H groups in total. The Bertz CT molecular complexity index is 513. The molecule has 22 heavy (non-hydrogen) atoms. The first-order valence-electron chi connectivity index (χ1n) is 7.88. The molecule has 1 aromatic carbocycles. The Balaban J connectivity index is 1.87. The molecule has 0 aliphatic carbocycles. The molecule has 0 radical (unpaired) electrons. The second-order valence-corrected chi connectivity index (χ2v) is 5.66. The maximum Gasteiger partial charge on any atom is 0.248 e. The standard InChI is InChI=1S/C17H24N2O3/c1-2-15-12-19(10-3-11-22-15)16(20)9-6-13-4-7-14(8-5-13)17(18)21/h4-5,7-8,15H,2-3,6,9-12H2,1H3,(H2,18,21)/t15-/m1/s1. The Labute approximate surface area is 131 Å². The lowest BCUT2D eigenvalue weighted by atomic mass is 10.1. The maximum absolute atomic E-state index is 12.4. The van der Waals surface area contributed by atoms with Gasteiger partial charge >= 0.3 is 0 Å².